The van der Waals surface area contributed by atoms with Crippen LogP contribution < -0.4 is 0 Å². The molecule has 0 fully saturated rings. The summed E-state index contributed by atoms with van der Waals surface area (Å²) in [6.07, 6.45) is -0.0836. The highest BCUT2D eigenvalue weighted by atomic mass is 19.1. The van der Waals surface area contributed by atoms with Crippen molar-refractivity contribution in [2.24, 2.45) is 0 Å². The lowest BCUT2D eigenvalue weighted by Crippen LogP contribution is -2.31. The predicted octanol–water partition coefficient (Wildman–Crippen LogP) is 3.21. The minimum atomic E-state index is -1.13. The van der Waals surface area contributed by atoms with Crippen molar-refractivity contribution in [3.05, 3.63) is 53.6 Å². The van der Waals surface area contributed by atoms with Crippen LogP contribution in [-0.2, 0) is 9.47 Å². The molecule has 0 spiro atoms. The van der Waals surface area contributed by atoms with Crippen molar-refractivity contribution in [1.82, 2.24) is 9.78 Å². The van der Waals surface area contributed by atoms with Gasteiger partial charge in [0.15, 0.2) is 5.82 Å². The number of nitrogens with zero attached hydrogens (tertiary/aromatic N) is 2. The molecule has 2 rings (SSSR count). The zero-order valence-corrected chi connectivity index (χ0v) is 13.5. The van der Waals surface area contributed by atoms with Crippen LogP contribution in [-0.4, -0.2) is 35.1 Å². The maximum Gasteiger partial charge on any atom is 0.239 e. The number of halogens is 1. The fraction of sp³-hybridized carbons (Fsp3) is 0.412. The summed E-state index contributed by atoms with van der Waals surface area (Å²) in [6, 6.07) is 9.18. The summed E-state index contributed by atoms with van der Waals surface area (Å²) in [6.45, 7) is 5.94. The first-order valence-corrected chi connectivity index (χ1v) is 7.65. The van der Waals surface area contributed by atoms with Crippen molar-refractivity contribution < 1.29 is 18.7 Å². The Bertz CT molecular complexity index is 637. The van der Waals surface area contributed by atoms with Crippen LogP contribution in [0.1, 0.15) is 42.9 Å². The molecule has 6 heteroatoms. The van der Waals surface area contributed by atoms with Gasteiger partial charge in [-0.15, -0.1) is 0 Å². The molecule has 23 heavy (non-hydrogen) atoms. The summed E-state index contributed by atoms with van der Waals surface area (Å²) in [7, 11) is 0. The molecule has 0 aliphatic carbocycles. The molecule has 0 bridgehead atoms. The number of carbonyl (C=O) groups excluding carboxylic acids is 1. The summed E-state index contributed by atoms with van der Waals surface area (Å²) >= 11 is 0. The smallest absolute Gasteiger partial charge is 0.239 e. The number of rotatable bonds is 8. The molecule has 1 atom stereocenters. The van der Waals surface area contributed by atoms with E-state index in [-0.39, 0.29) is 11.7 Å². The molecular weight excluding hydrogens is 299 g/mol. The van der Waals surface area contributed by atoms with Crippen molar-refractivity contribution in [2.45, 2.75) is 33.1 Å². The number of hydrogen-bond acceptors (Lipinski definition) is 4. The molecule has 1 aromatic carbocycles. The molecular formula is C17H21FN2O3. The Morgan fingerprint density at radius 1 is 1.22 bits per heavy atom. The Kier molecular flexibility index (Phi) is 6.01. The average Bonchev–Trinajstić information content (AvgIpc) is 2.95. The molecule has 0 radical (unpaired) electrons. The maximum absolute atomic E-state index is 14.2. The highest BCUT2D eigenvalue weighted by Gasteiger charge is 2.29. The van der Waals surface area contributed by atoms with E-state index in [1.165, 1.54) is 4.68 Å². The largest absolute Gasteiger partial charge is 0.346 e. The van der Waals surface area contributed by atoms with Gasteiger partial charge in [0.25, 0.3) is 0 Å². The number of ketones is 1. The Labute approximate surface area is 135 Å². The Hall–Kier alpha value is -2.05. The van der Waals surface area contributed by atoms with Crippen LogP contribution in [0.25, 0.3) is 0 Å². The Balaban J connectivity index is 2.36. The predicted molar refractivity (Wildman–Crippen MR) is 83.8 cm³/mol. The molecule has 1 heterocycles. The fourth-order valence-electron chi connectivity index (χ4n) is 2.35. The lowest BCUT2D eigenvalue weighted by Gasteiger charge is -2.19. The van der Waals surface area contributed by atoms with Crippen LogP contribution >= 0.6 is 0 Å². The van der Waals surface area contributed by atoms with Crippen molar-refractivity contribution in [3.63, 3.8) is 0 Å². The zero-order chi connectivity index (χ0) is 16.8. The van der Waals surface area contributed by atoms with E-state index in [0.717, 1.165) is 11.8 Å². The minimum Gasteiger partial charge on any atom is -0.346 e. The second-order valence-corrected chi connectivity index (χ2v) is 4.98. The van der Waals surface area contributed by atoms with Crippen LogP contribution in [0.2, 0.25) is 0 Å². The molecule has 124 valence electrons. The first-order valence-electron chi connectivity index (χ1n) is 7.65. The van der Waals surface area contributed by atoms with E-state index in [9.17, 15) is 9.18 Å². The van der Waals surface area contributed by atoms with Crippen LogP contribution in [0.5, 0.6) is 0 Å². The first-order chi connectivity index (χ1) is 11.1. The average molecular weight is 320 g/mol. The van der Waals surface area contributed by atoms with Crippen molar-refractivity contribution >= 4 is 5.78 Å². The van der Waals surface area contributed by atoms with Crippen molar-refractivity contribution in [1.29, 1.82) is 0 Å². The van der Waals surface area contributed by atoms with Crippen molar-refractivity contribution in [2.75, 3.05) is 13.2 Å². The van der Waals surface area contributed by atoms with Crippen LogP contribution in [0, 0.1) is 5.82 Å². The molecule has 2 aromatic rings. The highest BCUT2D eigenvalue weighted by molar-refractivity contribution is 5.97. The number of ether oxygens (including phenoxy) is 2. The van der Waals surface area contributed by atoms with Crippen LogP contribution in [0.4, 0.5) is 4.39 Å². The van der Waals surface area contributed by atoms with Gasteiger partial charge in [-0.25, -0.2) is 4.39 Å². The monoisotopic (exact) mass is 320 g/mol. The molecule has 0 aliphatic rings. The Morgan fingerprint density at radius 3 is 2.39 bits per heavy atom. The summed E-state index contributed by atoms with van der Waals surface area (Å²) in [4.78, 5) is 12.6. The lowest BCUT2D eigenvalue weighted by atomic mass is 10.1. The van der Waals surface area contributed by atoms with Gasteiger partial charge < -0.3 is 9.47 Å². The van der Waals surface area contributed by atoms with Gasteiger partial charge in [-0.2, -0.15) is 5.10 Å². The van der Waals surface area contributed by atoms with E-state index in [4.69, 9.17) is 9.47 Å². The quantitative estimate of drug-likeness (QED) is 0.553. The number of hydrogen-bond donors (Lipinski definition) is 0. The molecule has 5 nitrogen and oxygen atoms in total. The molecule has 0 unspecified atom stereocenters. The van der Waals surface area contributed by atoms with Gasteiger partial charge in [-0.3, -0.25) is 9.48 Å². The number of carbonyl (C=O) groups is 1. The molecule has 0 aliphatic heterocycles. The van der Waals surface area contributed by atoms with Gasteiger partial charge in [-0.1, -0.05) is 30.3 Å². The number of aromatic nitrogens is 2. The topological polar surface area (TPSA) is 53.4 Å². The lowest BCUT2D eigenvalue weighted by molar-refractivity contribution is -0.108. The number of benzene rings is 1. The van der Waals surface area contributed by atoms with Crippen LogP contribution in [0.15, 0.2) is 36.5 Å². The third-order valence-electron chi connectivity index (χ3n) is 3.48. The standard InChI is InChI=1S/C17H21FN2O3/c1-4-22-17(23-5-2)16(21)15-14(18)11-19-20(15)12(3)13-9-7-6-8-10-13/h6-12,17H,4-5H2,1-3H3/t12-/m1/s1. The Morgan fingerprint density at radius 2 is 1.83 bits per heavy atom. The van der Waals surface area contributed by atoms with Crippen LogP contribution in [0.3, 0.4) is 0 Å². The molecule has 0 N–H and O–H groups in total. The first kappa shape index (κ1) is 17.3. The van der Waals surface area contributed by atoms with E-state index in [1.807, 2.05) is 37.3 Å². The van der Waals surface area contributed by atoms with Gasteiger partial charge in [-0.05, 0) is 26.3 Å². The summed E-state index contributed by atoms with van der Waals surface area (Å²) in [5.41, 5.74) is 0.794. The normalized spacial score (nSPS) is 12.6. The van der Waals surface area contributed by atoms with Gasteiger partial charge in [0.05, 0.1) is 12.2 Å². The van der Waals surface area contributed by atoms with E-state index >= 15 is 0 Å². The van der Waals surface area contributed by atoms with Gasteiger partial charge in [0.1, 0.15) is 5.69 Å². The van der Waals surface area contributed by atoms with Crippen molar-refractivity contribution in [3.8, 4) is 0 Å². The molecule has 0 saturated heterocycles. The van der Waals surface area contributed by atoms with Gasteiger partial charge in [0, 0.05) is 13.2 Å². The van der Waals surface area contributed by atoms with Gasteiger partial charge >= 0.3 is 0 Å². The third kappa shape index (κ3) is 3.83. The maximum atomic E-state index is 14.2. The summed E-state index contributed by atoms with van der Waals surface area (Å²) in [5, 5.41) is 4.03. The third-order valence-corrected chi connectivity index (χ3v) is 3.48. The zero-order valence-electron chi connectivity index (χ0n) is 13.5. The molecule has 0 saturated carbocycles. The van der Waals surface area contributed by atoms with E-state index in [2.05, 4.69) is 5.10 Å². The fourth-order valence-corrected chi connectivity index (χ4v) is 2.35. The van der Waals surface area contributed by atoms with Gasteiger partial charge in [0.2, 0.25) is 12.1 Å². The second-order valence-electron chi connectivity index (χ2n) is 4.98. The molecule has 1 aromatic heterocycles. The summed E-state index contributed by atoms with van der Waals surface area (Å²) in [5.74, 6) is -1.24. The van der Waals surface area contributed by atoms with E-state index < -0.39 is 17.9 Å². The summed E-state index contributed by atoms with van der Waals surface area (Å²) < 4.78 is 26.1. The SMILES string of the molecule is CCOC(OCC)C(=O)c1c(F)cnn1[C@H](C)c1ccccc1. The minimum absolute atomic E-state index is 0.131. The number of Topliss-reactive ketones (excluding diaryl/α,β-unsaturated/α-hetero) is 1. The highest BCUT2D eigenvalue weighted by Crippen LogP contribution is 2.22. The van der Waals surface area contributed by atoms with E-state index in [0.29, 0.717) is 13.2 Å². The second kappa shape index (κ2) is 7.99. The molecule has 0 amide bonds. The van der Waals surface area contributed by atoms with E-state index in [1.54, 1.807) is 13.8 Å².